The lowest BCUT2D eigenvalue weighted by Crippen LogP contribution is -2.08. The number of aromatic nitrogens is 1. The van der Waals surface area contributed by atoms with Crippen LogP contribution in [0.4, 0.5) is 5.69 Å². The highest BCUT2D eigenvalue weighted by atomic mass is 32.1. The van der Waals surface area contributed by atoms with Gasteiger partial charge in [0.15, 0.2) is 5.76 Å². The SMILES string of the molecule is CNc1ccccc1C(=O)OCc1cc(-c2cccs2)on1. The lowest BCUT2D eigenvalue weighted by atomic mass is 10.2. The maximum atomic E-state index is 12.1. The molecule has 0 saturated carbocycles. The van der Waals surface area contributed by atoms with E-state index in [1.807, 2.05) is 29.6 Å². The maximum absolute atomic E-state index is 12.1. The number of nitrogens with zero attached hydrogens (tertiary/aromatic N) is 1. The molecule has 0 aliphatic carbocycles. The average Bonchev–Trinajstić information content (AvgIpc) is 3.23. The van der Waals surface area contributed by atoms with Crippen LogP contribution in [0.1, 0.15) is 16.1 Å². The molecule has 0 fully saturated rings. The van der Waals surface area contributed by atoms with Gasteiger partial charge in [-0.2, -0.15) is 0 Å². The van der Waals surface area contributed by atoms with Crippen LogP contribution in [0.25, 0.3) is 10.6 Å². The monoisotopic (exact) mass is 314 g/mol. The Labute approximate surface area is 131 Å². The maximum Gasteiger partial charge on any atom is 0.340 e. The normalized spacial score (nSPS) is 10.4. The van der Waals surface area contributed by atoms with E-state index in [2.05, 4.69) is 10.5 Å². The first-order valence-corrected chi connectivity index (χ1v) is 7.59. The van der Waals surface area contributed by atoms with E-state index in [0.717, 1.165) is 10.6 Å². The van der Waals surface area contributed by atoms with Gasteiger partial charge in [-0.05, 0) is 23.6 Å². The number of hydrogen-bond acceptors (Lipinski definition) is 6. The summed E-state index contributed by atoms with van der Waals surface area (Å²) in [6.07, 6.45) is 0. The van der Waals surface area contributed by atoms with Gasteiger partial charge in [-0.25, -0.2) is 4.79 Å². The smallest absolute Gasteiger partial charge is 0.340 e. The first-order chi connectivity index (χ1) is 10.8. The molecule has 0 amide bonds. The molecule has 0 aliphatic heterocycles. The Morgan fingerprint density at radius 2 is 2.18 bits per heavy atom. The first kappa shape index (κ1) is 14.3. The van der Waals surface area contributed by atoms with Crippen LogP contribution in [0.2, 0.25) is 0 Å². The van der Waals surface area contributed by atoms with Gasteiger partial charge in [-0.15, -0.1) is 11.3 Å². The Kier molecular flexibility index (Phi) is 4.20. The quantitative estimate of drug-likeness (QED) is 0.726. The van der Waals surface area contributed by atoms with Crippen molar-refractivity contribution in [2.24, 2.45) is 0 Å². The van der Waals surface area contributed by atoms with Crippen molar-refractivity contribution in [3.05, 3.63) is 59.1 Å². The summed E-state index contributed by atoms with van der Waals surface area (Å²) in [5.41, 5.74) is 1.80. The fraction of sp³-hybridized carbons (Fsp3) is 0.125. The van der Waals surface area contributed by atoms with Gasteiger partial charge in [0.05, 0.1) is 10.4 Å². The van der Waals surface area contributed by atoms with Gasteiger partial charge in [0.25, 0.3) is 0 Å². The van der Waals surface area contributed by atoms with E-state index in [-0.39, 0.29) is 6.61 Å². The number of benzene rings is 1. The molecule has 112 valence electrons. The summed E-state index contributed by atoms with van der Waals surface area (Å²) < 4.78 is 10.5. The molecule has 2 aromatic heterocycles. The number of carbonyl (C=O) groups excluding carboxylic acids is 1. The first-order valence-electron chi connectivity index (χ1n) is 6.71. The van der Waals surface area contributed by atoms with E-state index in [0.29, 0.717) is 17.0 Å². The Hall–Kier alpha value is -2.60. The van der Waals surface area contributed by atoms with Gasteiger partial charge < -0.3 is 14.6 Å². The topological polar surface area (TPSA) is 64.4 Å². The van der Waals surface area contributed by atoms with Crippen LogP contribution in [0.15, 0.2) is 52.4 Å². The predicted molar refractivity (Wildman–Crippen MR) is 84.9 cm³/mol. The van der Waals surface area contributed by atoms with Gasteiger partial charge >= 0.3 is 5.97 Å². The molecule has 3 aromatic rings. The molecule has 3 rings (SSSR count). The second-order valence-corrected chi connectivity index (χ2v) is 5.48. The molecule has 0 atom stereocenters. The Morgan fingerprint density at radius 3 is 2.95 bits per heavy atom. The van der Waals surface area contributed by atoms with E-state index >= 15 is 0 Å². The molecular formula is C16H14N2O3S. The lowest BCUT2D eigenvalue weighted by Gasteiger charge is -2.07. The summed E-state index contributed by atoms with van der Waals surface area (Å²) in [5, 5.41) is 8.85. The highest BCUT2D eigenvalue weighted by Crippen LogP contribution is 2.25. The third-order valence-corrected chi connectivity index (χ3v) is 3.97. The van der Waals surface area contributed by atoms with Crippen molar-refractivity contribution in [1.82, 2.24) is 5.16 Å². The summed E-state index contributed by atoms with van der Waals surface area (Å²) in [7, 11) is 1.76. The summed E-state index contributed by atoms with van der Waals surface area (Å²) in [5.74, 6) is 0.280. The number of nitrogens with one attached hydrogen (secondary N) is 1. The highest BCUT2D eigenvalue weighted by Gasteiger charge is 2.13. The molecule has 0 radical (unpaired) electrons. The molecule has 0 spiro atoms. The number of thiophene rings is 1. The lowest BCUT2D eigenvalue weighted by molar-refractivity contribution is 0.0465. The zero-order chi connectivity index (χ0) is 15.4. The minimum Gasteiger partial charge on any atom is -0.455 e. The average molecular weight is 314 g/mol. The standard InChI is InChI=1S/C16H14N2O3S/c1-17-13-6-3-2-5-12(13)16(19)20-10-11-9-14(21-18-11)15-7-4-8-22-15/h2-9,17H,10H2,1H3. The summed E-state index contributed by atoms with van der Waals surface area (Å²) in [6, 6.07) is 12.9. The van der Waals surface area contributed by atoms with Crippen molar-refractivity contribution in [1.29, 1.82) is 0 Å². The largest absolute Gasteiger partial charge is 0.455 e. The molecule has 0 aliphatic rings. The second kappa shape index (κ2) is 6.44. The van der Waals surface area contributed by atoms with Crippen molar-refractivity contribution in [2.75, 3.05) is 12.4 Å². The zero-order valence-corrected chi connectivity index (χ0v) is 12.7. The third kappa shape index (κ3) is 3.01. The van der Waals surface area contributed by atoms with Crippen LogP contribution in [-0.2, 0) is 11.3 Å². The minimum atomic E-state index is -0.398. The van der Waals surface area contributed by atoms with Gasteiger partial charge in [0, 0.05) is 18.8 Å². The number of ether oxygens (including phenoxy) is 1. The second-order valence-electron chi connectivity index (χ2n) is 4.53. The number of para-hydroxylation sites is 1. The third-order valence-electron chi connectivity index (χ3n) is 3.09. The van der Waals surface area contributed by atoms with E-state index in [9.17, 15) is 4.79 Å². The molecule has 1 aromatic carbocycles. The zero-order valence-electron chi connectivity index (χ0n) is 11.9. The number of rotatable bonds is 5. The minimum absolute atomic E-state index is 0.0752. The van der Waals surface area contributed by atoms with E-state index < -0.39 is 5.97 Å². The summed E-state index contributed by atoms with van der Waals surface area (Å²) in [4.78, 5) is 13.1. The van der Waals surface area contributed by atoms with E-state index in [1.54, 1.807) is 36.6 Å². The molecule has 0 bridgehead atoms. The molecule has 5 nitrogen and oxygen atoms in total. The van der Waals surface area contributed by atoms with E-state index in [4.69, 9.17) is 9.26 Å². The van der Waals surface area contributed by atoms with Gasteiger partial charge in [-0.3, -0.25) is 0 Å². The van der Waals surface area contributed by atoms with Crippen molar-refractivity contribution in [2.45, 2.75) is 6.61 Å². The summed E-state index contributed by atoms with van der Waals surface area (Å²) in [6.45, 7) is 0.0752. The predicted octanol–water partition coefficient (Wildman–Crippen LogP) is 3.80. The number of esters is 1. The van der Waals surface area contributed by atoms with E-state index in [1.165, 1.54) is 0 Å². The van der Waals surface area contributed by atoms with Gasteiger partial charge in [0.1, 0.15) is 12.3 Å². The van der Waals surface area contributed by atoms with Crippen molar-refractivity contribution in [3.8, 4) is 10.6 Å². The molecule has 6 heteroatoms. The fourth-order valence-electron chi connectivity index (χ4n) is 2.01. The molecule has 22 heavy (non-hydrogen) atoms. The number of anilines is 1. The number of carbonyl (C=O) groups is 1. The van der Waals surface area contributed by atoms with Crippen LogP contribution in [0.5, 0.6) is 0 Å². The van der Waals surface area contributed by atoms with Gasteiger partial charge in [-0.1, -0.05) is 23.4 Å². The van der Waals surface area contributed by atoms with Crippen LogP contribution >= 0.6 is 11.3 Å². The number of hydrogen-bond donors (Lipinski definition) is 1. The summed E-state index contributed by atoms with van der Waals surface area (Å²) >= 11 is 1.57. The molecular weight excluding hydrogens is 300 g/mol. The van der Waals surface area contributed by atoms with Gasteiger partial charge in [0.2, 0.25) is 0 Å². The molecule has 0 unspecified atom stereocenters. The van der Waals surface area contributed by atoms with Crippen LogP contribution in [0.3, 0.4) is 0 Å². The molecule has 2 heterocycles. The molecule has 1 N–H and O–H groups in total. The Balaban J connectivity index is 1.66. The van der Waals surface area contributed by atoms with Crippen molar-refractivity contribution < 1.29 is 14.1 Å². The van der Waals surface area contributed by atoms with Crippen LogP contribution < -0.4 is 5.32 Å². The Bertz CT molecular complexity index is 765. The van der Waals surface area contributed by atoms with Crippen LogP contribution in [0, 0.1) is 0 Å². The van der Waals surface area contributed by atoms with Crippen molar-refractivity contribution in [3.63, 3.8) is 0 Å². The highest BCUT2D eigenvalue weighted by molar-refractivity contribution is 7.13. The van der Waals surface area contributed by atoms with Crippen molar-refractivity contribution >= 4 is 23.0 Å². The fourth-order valence-corrected chi connectivity index (χ4v) is 2.68. The Morgan fingerprint density at radius 1 is 1.32 bits per heavy atom. The van der Waals surface area contributed by atoms with Crippen LogP contribution in [-0.4, -0.2) is 18.2 Å². The molecule has 0 saturated heterocycles.